The molecular formula is C21H21ClN2O3S. The zero-order chi connectivity index (χ0) is 19.9. The molecule has 0 N–H and O–H groups in total. The number of thiazole rings is 1. The number of ether oxygens (including phenoxy) is 2. The van der Waals surface area contributed by atoms with Gasteiger partial charge in [0.25, 0.3) is 5.91 Å². The number of amides is 1. The van der Waals surface area contributed by atoms with Crippen LogP contribution >= 0.6 is 22.9 Å². The van der Waals surface area contributed by atoms with E-state index in [1.54, 1.807) is 29.5 Å². The highest BCUT2D eigenvalue weighted by Crippen LogP contribution is 2.23. The SMILES string of the molecule is Cc1ccc(OCc2nc(C(=O)N(C)CCOc3ccccc3Cl)cs2)cc1. The number of aromatic nitrogens is 1. The fourth-order valence-corrected chi connectivity index (χ4v) is 3.28. The molecule has 1 aromatic heterocycles. The first-order valence-corrected chi connectivity index (χ1v) is 10.1. The predicted molar refractivity (Wildman–Crippen MR) is 112 cm³/mol. The number of carbonyl (C=O) groups excluding carboxylic acids is 1. The quantitative estimate of drug-likeness (QED) is 0.527. The van der Waals surface area contributed by atoms with E-state index in [0.29, 0.717) is 36.2 Å². The molecule has 1 amide bonds. The van der Waals surface area contributed by atoms with Crippen LogP contribution in [0.4, 0.5) is 0 Å². The van der Waals surface area contributed by atoms with E-state index in [1.165, 1.54) is 16.9 Å². The molecule has 3 rings (SSSR count). The van der Waals surface area contributed by atoms with Gasteiger partial charge in [-0.05, 0) is 31.2 Å². The van der Waals surface area contributed by atoms with Gasteiger partial charge in [0.2, 0.25) is 0 Å². The normalized spacial score (nSPS) is 10.5. The number of nitrogens with zero attached hydrogens (tertiary/aromatic N) is 2. The van der Waals surface area contributed by atoms with Gasteiger partial charge in [-0.15, -0.1) is 11.3 Å². The summed E-state index contributed by atoms with van der Waals surface area (Å²) in [6, 6.07) is 15.1. The van der Waals surface area contributed by atoms with Crippen LogP contribution in [0.2, 0.25) is 5.02 Å². The van der Waals surface area contributed by atoms with Gasteiger partial charge in [0, 0.05) is 12.4 Å². The third-order valence-corrected chi connectivity index (χ3v) is 5.16. The van der Waals surface area contributed by atoms with Crippen LogP contribution in [0.1, 0.15) is 21.1 Å². The van der Waals surface area contributed by atoms with Crippen molar-refractivity contribution in [1.82, 2.24) is 9.88 Å². The number of rotatable bonds is 8. The topological polar surface area (TPSA) is 51.7 Å². The Bertz CT molecular complexity index is 927. The van der Waals surface area contributed by atoms with Crippen LogP contribution in [-0.4, -0.2) is 36.0 Å². The van der Waals surface area contributed by atoms with Crippen molar-refractivity contribution in [3.8, 4) is 11.5 Å². The molecule has 0 aliphatic rings. The number of halogens is 1. The van der Waals surface area contributed by atoms with E-state index < -0.39 is 0 Å². The van der Waals surface area contributed by atoms with Gasteiger partial charge >= 0.3 is 0 Å². The second-order valence-electron chi connectivity index (χ2n) is 6.23. The van der Waals surface area contributed by atoms with E-state index in [-0.39, 0.29) is 5.91 Å². The maximum atomic E-state index is 12.5. The van der Waals surface area contributed by atoms with Crippen LogP contribution < -0.4 is 9.47 Å². The lowest BCUT2D eigenvalue weighted by atomic mass is 10.2. The Kier molecular flexibility index (Phi) is 6.90. The Morgan fingerprint density at radius 3 is 2.64 bits per heavy atom. The third kappa shape index (κ3) is 5.47. The van der Waals surface area contributed by atoms with Crippen molar-refractivity contribution in [2.75, 3.05) is 20.2 Å². The largest absolute Gasteiger partial charge is 0.490 e. The molecular weight excluding hydrogens is 396 g/mol. The maximum Gasteiger partial charge on any atom is 0.273 e. The molecule has 28 heavy (non-hydrogen) atoms. The molecule has 0 bridgehead atoms. The highest BCUT2D eigenvalue weighted by Gasteiger charge is 2.16. The molecule has 0 unspecified atom stereocenters. The van der Waals surface area contributed by atoms with Crippen LogP contribution in [0.25, 0.3) is 0 Å². The molecule has 5 nitrogen and oxygen atoms in total. The third-order valence-electron chi connectivity index (χ3n) is 4.02. The van der Waals surface area contributed by atoms with Gasteiger partial charge in [-0.25, -0.2) is 4.98 Å². The Morgan fingerprint density at radius 1 is 1.14 bits per heavy atom. The summed E-state index contributed by atoms with van der Waals surface area (Å²) >= 11 is 7.46. The molecule has 0 atom stereocenters. The number of para-hydroxylation sites is 1. The van der Waals surface area contributed by atoms with Crippen LogP contribution in [0.15, 0.2) is 53.9 Å². The summed E-state index contributed by atoms with van der Waals surface area (Å²) in [4.78, 5) is 18.5. The molecule has 0 radical (unpaired) electrons. The van der Waals surface area contributed by atoms with Crippen molar-refractivity contribution in [2.24, 2.45) is 0 Å². The Labute approximate surface area is 173 Å². The number of carbonyl (C=O) groups is 1. The summed E-state index contributed by atoms with van der Waals surface area (Å²) < 4.78 is 11.3. The molecule has 0 aliphatic heterocycles. The molecule has 7 heteroatoms. The number of hydrogen-bond acceptors (Lipinski definition) is 5. The van der Waals surface area contributed by atoms with Crippen LogP contribution in [-0.2, 0) is 6.61 Å². The van der Waals surface area contributed by atoms with Gasteiger partial charge in [-0.1, -0.05) is 41.4 Å². The average molecular weight is 417 g/mol. The van der Waals surface area contributed by atoms with Crippen molar-refractivity contribution in [2.45, 2.75) is 13.5 Å². The summed E-state index contributed by atoms with van der Waals surface area (Å²) in [5.74, 6) is 1.23. The summed E-state index contributed by atoms with van der Waals surface area (Å²) in [6.07, 6.45) is 0. The number of likely N-dealkylation sites (N-methyl/N-ethyl adjacent to an activating group) is 1. The maximum absolute atomic E-state index is 12.5. The minimum absolute atomic E-state index is 0.152. The zero-order valence-corrected chi connectivity index (χ0v) is 17.3. The minimum Gasteiger partial charge on any atom is -0.490 e. The van der Waals surface area contributed by atoms with Gasteiger partial charge < -0.3 is 14.4 Å². The van der Waals surface area contributed by atoms with E-state index in [1.807, 2.05) is 43.3 Å². The highest BCUT2D eigenvalue weighted by atomic mass is 35.5. The van der Waals surface area contributed by atoms with Crippen molar-refractivity contribution >= 4 is 28.8 Å². The molecule has 2 aromatic carbocycles. The Balaban J connectivity index is 1.48. The van der Waals surface area contributed by atoms with E-state index >= 15 is 0 Å². The van der Waals surface area contributed by atoms with Crippen LogP contribution in [0.3, 0.4) is 0 Å². The lowest BCUT2D eigenvalue weighted by Gasteiger charge is -2.16. The lowest BCUT2D eigenvalue weighted by molar-refractivity contribution is 0.0768. The smallest absolute Gasteiger partial charge is 0.273 e. The number of benzene rings is 2. The van der Waals surface area contributed by atoms with E-state index in [2.05, 4.69) is 4.98 Å². The fraction of sp³-hybridized carbons (Fsp3) is 0.238. The Morgan fingerprint density at radius 2 is 1.89 bits per heavy atom. The first-order chi connectivity index (χ1) is 13.5. The van der Waals surface area contributed by atoms with E-state index in [0.717, 1.165) is 10.8 Å². The molecule has 0 saturated heterocycles. The molecule has 0 spiro atoms. The Hall–Kier alpha value is -2.57. The van der Waals surface area contributed by atoms with Gasteiger partial charge in [-0.3, -0.25) is 4.79 Å². The zero-order valence-electron chi connectivity index (χ0n) is 15.7. The molecule has 0 aliphatic carbocycles. The molecule has 1 heterocycles. The molecule has 0 saturated carbocycles. The van der Waals surface area contributed by atoms with Crippen LogP contribution in [0, 0.1) is 6.92 Å². The standard InChI is InChI=1S/C21H21ClN2O3S/c1-15-7-9-16(10-8-15)27-13-20-23-18(14-28-20)21(25)24(2)11-12-26-19-6-4-3-5-17(19)22/h3-10,14H,11-13H2,1-2H3. The van der Waals surface area contributed by atoms with Crippen molar-refractivity contribution in [1.29, 1.82) is 0 Å². The van der Waals surface area contributed by atoms with Gasteiger partial charge in [0.15, 0.2) is 0 Å². The van der Waals surface area contributed by atoms with E-state index in [4.69, 9.17) is 21.1 Å². The minimum atomic E-state index is -0.152. The highest BCUT2D eigenvalue weighted by molar-refractivity contribution is 7.09. The first-order valence-electron chi connectivity index (χ1n) is 8.79. The summed E-state index contributed by atoms with van der Waals surface area (Å²) in [6.45, 7) is 3.13. The van der Waals surface area contributed by atoms with Crippen molar-refractivity contribution < 1.29 is 14.3 Å². The summed E-state index contributed by atoms with van der Waals surface area (Å²) in [5, 5.41) is 3.06. The second kappa shape index (κ2) is 9.57. The average Bonchev–Trinajstić information content (AvgIpc) is 3.17. The van der Waals surface area contributed by atoms with Crippen LogP contribution in [0.5, 0.6) is 11.5 Å². The van der Waals surface area contributed by atoms with Gasteiger partial charge in [0.1, 0.15) is 35.4 Å². The molecule has 3 aromatic rings. The van der Waals surface area contributed by atoms with E-state index in [9.17, 15) is 4.79 Å². The first kappa shape index (κ1) is 20.2. The van der Waals surface area contributed by atoms with Gasteiger partial charge in [-0.2, -0.15) is 0 Å². The predicted octanol–water partition coefficient (Wildman–Crippen LogP) is 4.83. The van der Waals surface area contributed by atoms with Crippen molar-refractivity contribution in [3.05, 3.63) is 75.2 Å². The number of aryl methyl sites for hydroxylation is 1. The molecule has 146 valence electrons. The molecule has 0 fully saturated rings. The van der Waals surface area contributed by atoms with Gasteiger partial charge in [0.05, 0.1) is 11.6 Å². The number of hydrogen-bond donors (Lipinski definition) is 0. The van der Waals surface area contributed by atoms with Crippen molar-refractivity contribution in [3.63, 3.8) is 0 Å². The summed E-state index contributed by atoms with van der Waals surface area (Å²) in [5.41, 5.74) is 1.59. The lowest BCUT2D eigenvalue weighted by Crippen LogP contribution is -2.31. The fourth-order valence-electron chi connectivity index (χ4n) is 2.41. The monoisotopic (exact) mass is 416 g/mol. The second-order valence-corrected chi connectivity index (χ2v) is 7.58. The summed E-state index contributed by atoms with van der Waals surface area (Å²) in [7, 11) is 1.72.